The highest BCUT2D eigenvalue weighted by atomic mass is 15.2. The second-order valence-corrected chi connectivity index (χ2v) is 3.38. The van der Waals surface area contributed by atoms with Crippen molar-refractivity contribution >= 4 is 0 Å². The molecule has 1 aliphatic rings. The quantitative estimate of drug-likeness (QED) is 0.574. The maximum atomic E-state index is 5.52. The number of nitrogens with one attached hydrogen (secondary N) is 1. The van der Waals surface area contributed by atoms with Gasteiger partial charge < -0.3 is 11.1 Å². The highest BCUT2D eigenvalue weighted by Gasteiger charge is 2.22. The summed E-state index contributed by atoms with van der Waals surface area (Å²) >= 11 is 0. The van der Waals surface area contributed by atoms with Gasteiger partial charge in [0.25, 0.3) is 0 Å². The van der Waals surface area contributed by atoms with Crippen molar-refractivity contribution in [1.82, 2.24) is 10.2 Å². The van der Waals surface area contributed by atoms with Crippen molar-refractivity contribution in [1.29, 1.82) is 0 Å². The Balaban J connectivity index is 2.41. The summed E-state index contributed by atoms with van der Waals surface area (Å²) in [6.07, 6.45) is 0. The summed E-state index contributed by atoms with van der Waals surface area (Å²) in [6, 6.07) is 1.28. The molecule has 3 N–H and O–H groups in total. The number of rotatable bonds is 2. The van der Waals surface area contributed by atoms with Gasteiger partial charge in [-0.2, -0.15) is 0 Å². The second kappa shape index (κ2) is 4.04. The predicted octanol–water partition coefficient (Wildman–Crippen LogP) is -0.373. The lowest BCUT2D eigenvalue weighted by Gasteiger charge is -2.39. The van der Waals surface area contributed by atoms with Gasteiger partial charge >= 0.3 is 0 Å². The number of piperazine rings is 1. The van der Waals surface area contributed by atoms with E-state index >= 15 is 0 Å². The Labute approximate surface area is 68.9 Å². The normalized spacial score (nSPS) is 34.1. The van der Waals surface area contributed by atoms with Crippen LogP contribution < -0.4 is 11.1 Å². The first kappa shape index (κ1) is 8.97. The van der Waals surface area contributed by atoms with Gasteiger partial charge in [-0.1, -0.05) is 0 Å². The van der Waals surface area contributed by atoms with E-state index in [9.17, 15) is 0 Å². The molecule has 11 heavy (non-hydrogen) atoms. The molecule has 0 aromatic carbocycles. The first-order valence-electron chi connectivity index (χ1n) is 4.42. The van der Waals surface area contributed by atoms with E-state index in [2.05, 4.69) is 24.1 Å². The minimum absolute atomic E-state index is 0.641. The largest absolute Gasteiger partial charge is 0.329 e. The summed E-state index contributed by atoms with van der Waals surface area (Å²) in [5.74, 6) is 0. The average Bonchev–Trinajstić information content (AvgIpc) is 1.97. The fourth-order valence-corrected chi connectivity index (χ4v) is 1.76. The first-order valence-corrected chi connectivity index (χ1v) is 4.42. The van der Waals surface area contributed by atoms with Crippen molar-refractivity contribution in [2.24, 2.45) is 5.73 Å². The van der Waals surface area contributed by atoms with Crippen LogP contribution in [0, 0.1) is 0 Å². The maximum absolute atomic E-state index is 5.52. The van der Waals surface area contributed by atoms with Crippen LogP contribution in [0.25, 0.3) is 0 Å². The summed E-state index contributed by atoms with van der Waals surface area (Å²) in [5.41, 5.74) is 5.52. The van der Waals surface area contributed by atoms with Gasteiger partial charge in [0, 0.05) is 38.3 Å². The lowest BCUT2D eigenvalue weighted by molar-refractivity contribution is 0.121. The molecule has 1 saturated heterocycles. The van der Waals surface area contributed by atoms with E-state index in [1.54, 1.807) is 0 Å². The average molecular weight is 157 g/mol. The number of hydrogen-bond acceptors (Lipinski definition) is 3. The smallest absolute Gasteiger partial charge is 0.0196 e. The number of hydrogen-bond donors (Lipinski definition) is 2. The zero-order chi connectivity index (χ0) is 8.27. The summed E-state index contributed by atoms with van der Waals surface area (Å²) in [6.45, 7) is 8.50. The zero-order valence-electron chi connectivity index (χ0n) is 7.51. The predicted molar refractivity (Wildman–Crippen MR) is 47.6 cm³/mol. The van der Waals surface area contributed by atoms with Gasteiger partial charge in [0.1, 0.15) is 0 Å². The van der Waals surface area contributed by atoms with Crippen molar-refractivity contribution in [2.45, 2.75) is 25.9 Å². The van der Waals surface area contributed by atoms with E-state index < -0.39 is 0 Å². The molecule has 2 atom stereocenters. The third-order valence-electron chi connectivity index (χ3n) is 2.40. The van der Waals surface area contributed by atoms with Gasteiger partial charge in [-0.25, -0.2) is 0 Å². The highest BCUT2D eigenvalue weighted by molar-refractivity contribution is 4.82. The van der Waals surface area contributed by atoms with Crippen LogP contribution >= 0.6 is 0 Å². The second-order valence-electron chi connectivity index (χ2n) is 3.38. The molecular weight excluding hydrogens is 138 g/mol. The Kier molecular flexibility index (Phi) is 3.30. The summed E-state index contributed by atoms with van der Waals surface area (Å²) in [5, 5.41) is 3.39. The Morgan fingerprint density at radius 2 is 1.91 bits per heavy atom. The third kappa shape index (κ3) is 2.15. The molecule has 3 nitrogen and oxygen atoms in total. The van der Waals surface area contributed by atoms with Crippen LogP contribution in [-0.2, 0) is 0 Å². The lowest BCUT2D eigenvalue weighted by Crippen LogP contribution is -2.56. The zero-order valence-corrected chi connectivity index (χ0v) is 7.51. The molecule has 0 aromatic heterocycles. The van der Waals surface area contributed by atoms with E-state index in [1.165, 1.54) is 0 Å². The van der Waals surface area contributed by atoms with Crippen LogP contribution in [0.4, 0.5) is 0 Å². The topological polar surface area (TPSA) is 41.3 Å². The summed E-state index contributed by atoms with van der Waals surface area (Å²) in [4.78, 5) is 2.47. The first-order chi connectivity index (χ1) is 5.25. The van der Waals surface area contributed by atoms with Crippen molar-refractivity contribution in [2.75, 3.05) is 26.2 Å². The minimum Gasteiger partial charge on any atom is -0.329 e. The van der Waals surface area contributed by atoms with Crippen LogP contribution in [0.15, 0.2) is 0 Å². The molecule has 0 amide bonds. The van der Waals surface area contributed by atoms with Crippen LogP contribution in [0.3, 0.4) is 0 Å². The van der Waals surface area contributed by atoms with Crippen LogP contribution in [0.5, 0.6) is 0 Å². The molecule has 0 aliphatic carbocycles. The summed E-state index contributed by atoms with van der Waals surface area (Å²) in [7, 11) is 0. The molecule has 0 bridgehead atoms. The molecule has 1 rings (SSSR count). The van der Waals surface area contributed by atoms with Gasteiger partial charge in [-0.15, -0.1) is 0 Å². The minimum atomic E-state index is 0.641. The Morgan fingerprint density at radius 3 is 2.36 bits per heavy atom. The molecule has 0 radical (unpaired) electrons. The van der Waals surface area contributed by atoms with E-state index in [4.69, 9.17) is 5.73 Å². The molecule has 3 heteroatoms. The molecule has 0 aromatic rings. The Morgan fingerprint density at radius 1 is 1.36 bits per heavy atom. The molecule has 1 heterocycles. The fraction of sp³-hybridized carbons (Fsp3) is 1.00. The van der Waals surface area contributed by atoms with E-state index in [1.807, 2.05) is 0 Å². The maximum Gasteiger partial charge on any atom is 0.0196 e. The Bertz CT molecular complexity index is 106. The van der Waals surface area contributed by atoms with E-state index in [-0.39, 0.29) is 0 Å². The fourth-order valence-electron chi connectivity index (χ4n) is 1.76. The van der Waals surface area contributed by atoms with E-state index in [0.29, 0.717) is 12.1 Å². The van der Waals surface area contributed by atoms with Crippen LogP contribution in [0.2, 0.25) is 0 Å². The van der Waals surface area contributed by atoms with Crippen molar-refractivity contribution in [3.63, 3.8) is 0 Å². The van der Waals surface area contributed by atoms with Crippen LogP contribution in [0.1, 0.15) is 13.8 Å². The van der Waals surface area contributed by atoms with Gasteiger partial charge in [0.15, 0.2) is 0 Å². The monoisotopic (exact) mass is 157 g/mol. The van der Waals surface area contributed by atoms with Crippen LogP contribution in [-0.4, -0.2) is 43.2 Å². The number of nitrogens with zero attached hydrogens (tertiary/aromatic N) is 1. The molecule has 0 saturated carbocycles. The molecule has 66 valence electrons. The molecule has 1 aliphatic heterocycles. The van der Waals surface area contributed by atoms with Crippen molar-refractivity contribution in [3.05, 3.63) is 0 Å². The Hall–Kier alpha value is -0.120. The summed E-state index contributed by atoms with van der Waals surface area (Å²) < 4.78 is 0. The molecular formula is C8H19N3. The van der Waals surface area contributed by atoms with Gasteiger partial charge in [0.2, 0.25) is 0 Å². The number of nitrogens with two attached hydrogens (primary N) is 1. The van der Waals surface area contributed by atoms with E-state index in [0.717, 1.165) is 26.2 Å². The van der Waals surface area contributed by atoms with Gasteiger partial charge in [-0.3, -0.25) is 4.90 Å². The standard InChI is InChI=1S/C8H19N3/c1-7-5-10-6-8(2)11(7)4-3-9/h7-8,10H,3-6,9H2,1-2H3. The van der Waals surface area contributed by atoms with Crippen molar-refractivity contribution in [3.8, 4) is 0 Å². The third-order valence-corrected chi connectivity index (χ3v) is 2.40. The van der Waals surface area contributed by atoms with Crippen molar-refractivity contribution < 1.29 is 0 Å². The molecule has 1 fully saturated rings. The molecule has 0 spiro atoms. The SMILES string of the molecule is CC1CNCC(C)N1CCN. The highest BCUT2D eigenvalue weighted by Crippen LogP contribution is 2.07. The molecule has 2 unspecified atom stereocenters. The van der Waals surface area contributed by atoms with Gasteiger partial charge in [-0.05, 0) is 13.8 Å². The lowest BCUT2D eigenvalue weighted by atomic mass is 10.1. The van der Waals surface area contributed by atoms with Gasteiger partial charge in [0.05, 0.1) is 0 Å².